The van der Waals surface area contributed by atoms with Gasteiger partial charge in [0, 0.05) is 24.5 Å². The van der Waals surface area contributed by atoms with Gasteiger partial charge in [0.15, 0.2) is 0 Å². The highest BCUT2D eigenvalue weighted by molar-refractivity contribution is 5.93. The quantitative estimate of drug-likeness (QED) is 0.859. The molecule has 94 valence electrons. The van der Waals surface area contributed by atoms with Crippen LogP contribution in [0.1, 0.15) is 29.0 Å². The van der Waals surface area contributed by atoms with Crippen molar-refractivity contribution in [3.63, 3.8) is 0 Å². The van der Waals surface area contributed by atoms with Crippen molar-refractivity contribution in [2.45, 2.75) is 13.0 Å². The van der Waals surface area contributed by atoms with Gasteiger partial charge in [-0.25, -0.2) is 0 Å². The molecule has 1 unspecified atom stereocenters. The number of primary amides is 1. The Hall–Kier alpha value is -2.30. The zero-order valence-corrected chi connectivity index (χ0v) is 10.4. The van der Waals surface area contributed by atoms with E-state index in [9.17, 15) is 4.79 Å². The number of nitrogens with one attached hydrogen (secondary N) is 1. The zero-order chi connectivity index (χ0) is 13.1. The molecule has 1 heterocycles. The molecule has 0 spiro atoms. The summed E-state index contributed by atoms with van der Waals surface area (Å²) in [7, 11) is 1.90. The molecule has 18 heavy (non-hydrogen) atoms. The van der Waals surface area contributed by atoms with Crippen LogP contribution in [0.4, 0.5) is 5.69 Å². The van der Waals surface area contributed by atoms with Gasteiger partial charge in [0.2, 0.25) is 5.91 Å². The van der Waals surface area contributed by atoms with Crippen molar-refractivity contribution in [3.8, 4) is 0 Å². The van der Waals surface area contributed by atoms with Crippen LogP contribution in [0.2, 0.25) is 0 Å². The topological polar surface area (TPSA) is 72.9 Å². The lowest BCUT2D eigenvalue weighted by molar-refractivity contribution is 0.100. The SMILES string of the molecule is CC(Nc1cccc(C(N)=O)c1)c1ccnn1C. The van der Waals surface area contributed by atoms with Gasteiger partial charge in [-0.2, -0.15) is 5.10 Å². The van der Waals surface area contributed by atoms with Gasteiger partial charge in [-0.05, 0) is 31.2 Å². The highest BCUT2D eigenvalue weighted by atomic mass is 16.1. The van der Waals surface area contributed by atoms with E-state index >= 15 is 0 Å². The normalized spacial score (nSPS) is 12.1. The summed E-state index contributed by atoms with van der Waals surface area (Å²) in [6.45, 7) is 2.04. The number of aromatic nitrogens is 2. The first-order valence-electron chi connectivity index (χ1n) is 5.72. The van der Waals surface area contributed by atoms with Gasteiger partial charge in [0.25, 0.3) is 0 Å². The lowest BCUT2D eigenvalue weighted by Crippen LogP contribution is -2.13. The van der Waals surface area contributed by atoms with E-state index in [-0.39, 0.29) is 6.04 Å². The van der Waals surface area contributed by atoms with Gasteiger partial charge in [0.1, 0.15) is 0 Å². The first-order valence-corrected chi connectivity index (χ1v) is 5.72. The predicted octanol–water partition coefficient (Wildman–Crippen LogP) is 1.69. The fourth-order valence-electron chi connectivity index (χ4n) is 1.90. The zero-order valence-electron chi connectivity index (χ0n) is 10.4. The van der Waals surface area contributed by atoms with Gasteiger partial charge in [0.05, 0.1) is 11.7 Å². The standard InChI is InChI=1S/C13H16N4O/c1-9(12-6-7-15-17(12)2)16-11-5-3-4-10(8-11)13(14)18/h3-9,16H,1-2H3,(H2,14,18). The molecule has 2 rings (SSSR count). The molecule has 0 saturated carbocycles. The maximum atomic E-state index is 11.1. The molecule has 0 aliphatic heterocycles. The van der Waals surface area contributed by atoms with Crippen molar-refractivity contribution in [1.82, 2.24) is 9.78 Å². The van der Waals surface area contributed by atoms with Crippen LogP contribution in [0.5, 0.6) is 0 Å². The third kappa shape index (κ3) is 2.51. The van der Waals surface area contributed by atoms with Crippen LogP contribution >= 0.6 is 0 Å². The van der Waals surface area contributed by atoms with E-state index in [1.165, 1.54) is 0 Å². The summed E-state index contributed by atoms with van der Waals surface area (Å²) in [5.74, 6) is -0.424. The molecule has 0 aliphatic carbocycles. The highest BCUT2D eigenvalue weighted by Gasteiger charge is 2.09. The van der Waals surface area contributed by atoms with Crippen LogP contribution in [0, 0.1) is 0 Å². The number of carbonyl (C=O) groups excluding carboxylic acids is 1. The number of nitrogens with zero attached hydrogens (tertiary/aromatic N) is 2. The van der Waals surface area contributed by atoms with Crippen molar-refractivity contribution in [2.24, 2.45) is 12.8 Å². The van der Waals surface area contributed by atoms with Crippen molar-refractivity contribution in [1.29, 1.82) is 0 Å². The Balaban J connectivity index is 2.17. The van der Waals surface area contributed by atoms with E-state index in [1.54, 1.807) is 24.4 Å². The Morgan fingerprint density at radius 3 is 2.83 bits per heavy atom. The second-order valence-electron chi connectivity index (χ2n) is 4.19. The van der Waals surface area contributed by atoms with Crippen molar-refractivity contribution < 1.29 is 4.79 Å². The molecule has 0 bridgehead atoms. The average molecular weight is 244 g/mol. The summed E-state index contributed by atoms with van der Waals surface area (Å²) in [4.78, 5) is 11.1. The third-order valence-corrected chi connectivity index (χ3v) is 2.83. The molecule has 5 heteroatoms. The summed E-state index contributed by atoms with van der Waals surface area (Å²) in [5.41, 5.74) is 7.68. The Labute approximate surface area is 106 Å². The Kier molecular flexibility index (Phi) is 3.32. The number of aryl methyl sites for hydroxylation is 1. The lowest BCUT2D eigenvalue weighted by Gasteiger charge is -2.15. The molecule has 1 aromatic carbocycles. The van der Waals surface area contributed by atoms with E-state index < -0.39 is 5.91 Å². The molecule has 1 amide bonds. The number of hydrogen-bond acceptors (Lipinski definition) is 3. The predicted molar refractivity (Wildman–Crippen MR) is 70.2 cm³/mol. The highest BCUT2D eigenvalue weighted by Crippen LogP contribution is 2.19. The van der Waals surface area contributed by atoms with Crippen LogP contribution in [-0.2, 0) is 7.05 Å². The summed E-state index contributed by atoms with van der Waals surface area (Å²) in [5, 5.41) is 7.44. The second kappa shape index (κ2) is 4.91. The molecule has 1 atom stereocenters. The maximum Gasteiger partial charge on any atom is 0.248 e. The minimum Gasteiger partial charge on any atom is -0.377 e. The molecule has 2 aromatic rings. The van der Waals surface area contributed by atoms with E-state index in [1.807, 2.05) is 30.8 Å². The molecule has 1 aromatic heterocycles. The molecule has 0 radical (unpaired) electrons. The largest absolute Gasteiger partial charge is 0.377 e. The van der Waals surface area contributed by atoms with Crippen LogP contribution in [0.25, 0.3) is 0 Å². The maximum absolute atomic E-state index is 11.1. The van der Waals surface area contributed by atoms with E-state index in [4.69, 9.17) is 5.73 Å². The molecular formula is C13H16N4O. The smallest absolute Gasteiger partial charge is 0.248 e. The summed E-state index contributed by atoms with van der Waals surface area (Å²) < 4.78 is 1.82. The molecule has 0 aliphatic rings. The molecule has 5 nitrogen and oxygen atoms in total. The first kappa shape index (κ1) is 12.2. The van der Waals surface area contributed by atoms with Gasteiger partial charge >= 0.3 is 0 Å². The fraction of sp³-hybridized carbons (Fsp3) is 0.231. The van der Waals surface area contributed by atoms with E-state index in [2.05, 4.69) is 10.4 Å². The fourth-order valence-corrected chi connectivity index (χ4v) is 1.90. The number of anilines is 1. The van der Waals surface area contributed by atoms with Crippen molar-refractivity contribution in [3.05, 3.63) is 47.8 Å². The van der Waals surface area contributed by atoms with E-state index in [0.717, 1.165) is 11.4 Å². The monoisotopic (exact) mass is 244 g/mol. The number of rotatable bonds is 4. The number of amides is 1. The first-order chi connectivity index (χ1) is 8.58. The van der Waals surface area contributed by atoms with Crippen molar-refractivity contribution >= 4 is 11.6 Å². The van der Waals surface area contributed by atoms with Crippen LogP contribution < -0.4 is 11.1 Å². The molecule has 0 saturated heterocycles. The van der Waals surface area contributed by atoms with Crippen LogP contribution in [-0.4, -0.2) is 15.7 Å². The number of hydrogen-bond donors (Lipinski definition) is 2. The van der Waals surface area contributed by atoms with E-state index in [0.29, 0.717) is 5.56 Å². The molecule has 3 N–H and O–H groups in total. The Morgan fingerprint density at radius 1 is 1.44 bits per heavy atom. The van der Waals surface area contributed by atoms with Gasteiger partial charge in [-0.15, -0.1) is 0 Å². The van der Waals surface area contributed by atoms with Gasteiger partial charge < -0.3 is 11.1 Å². The average Bonchev–Trinajstić information content (AvgIpc) is 2.76. The van der Waals surface area contributed by atoms with Crippen molar-refractivity contribution in [2.75, 3.05) is 5.32 Å². The number of carbonyl (C=O) groups is 1. The third-order valence-electron chi connectivity index (χ3n) is 2.83. The Morgan fingerprint density at radius 2 is 2.22 bits per heavy atom. The lowest BCUT2D eigenvalue weighted by atomic mass is 10.1. The summed E-state index contributed by atoms with van der Waals surface area (Å²) >= 11 is 0. The number of nitrogens with two attached hydrogens (primary N) is 1. The summed E-state index contributed by atoms with van der Waals surface area (Å²) in [6.07, 6.45) is 1.76. The molecular weight excluding hydrogens is 228 g/mol. The Bertz CT molecular complexity index is 562. The minimum absolute atomic E-state index is 0.0978. The minimum atomic E-state index is -0.424. The van der Waals surface area contributed by atoms with Gasteiger partial charge in [-0.3, -0.25) is 9.48 Å². The van der Waals surface area contributed by atoms with Crippen LogP contribution in [0.15, 0.2) is 36.5 Å². The van der Waals surface area contributed by atoms with Crippen LogP contribution in [0.3, 0.4) is 0 Å². The molecule has 0 fully saturated rings. The number of benzene rings is 1. The van der Waals surface area contributed by atoms with Gasteiger partial charge in [-0.1, -0.05) is 6.07 Å². The summed E-state index contributed by atoms with van der Waals surface area (Å²) in [6, 6.07) is 9.20. The second-order valence-corrected chi connectivity index (χ2v) is 4.19.